The van der Waals surface area contributed by atoms with Gasteiger partial charge in [0.1, 0.15) is 11.2 Å². The number of hydrogen-bond acceptors (Lipinski definition) is 3. The Morgan fingerprint density at radius 3 is 2.55 bits per heavy atom. The molecule has 4 rings (SSSR count). The van der Waals surface area contributed by atoms with Gasteiger partial charge in [-0.2, -0.15) is 5.10 Å². The Morgan fingerprint density at radius 1 is 1.00 bits per heavy atom. The van der Waals surface area contributed by atoms with Crippen molar-refractivity contribution in [3.8, 4) is 5.69 Å². The summed E-state index contributed by atoms with van der Waals surface area (Å²) in [4.78, 5) is 12.2. The molecule has 0 aliphatic rings. The van der Waals surface area contributed by atoms with Crippen LogP contribution in [0.3, 0.4) is 0 Å². The minimum atomic E-state index is -0.318. The lowest BCUT2D eigenvalue weighted by atomic mass is 10.1. The molecular weight excluding hydrogens is 276 g/mol. The van der Waals surface area contributed by atoms with Crippen LogP contribution in [0.4, 0.5) is 0 Å². The number of aromatic nitrogens is 2. The molecule has 0 unspecified atom stereocenters. The van der Waals surface area contributed by atoms with Gasteiger partial charge >= 0.3 is 5.63 Å². The molecule has 0 radical (unpaired) electrons. The molecule has 0 aliphatic heterocycles. The Morgan fingerprint density at radius 2 is 1.77 bits per heavy atom. The Labute approximate surface area is 126 Å². The van der Waals surface area contributed by atoms with Crippen molar-refractivity contribution in [2.75, 3.05) is 0 Å². The first-order valence-electron chi connectivity index (χ1n) is 7.13. The van der Waals surface area contributed by atoms with Crippen LogP contribution in [-0.4, -0.2) is 9.78 Å². The highest BCUT2D eigenvalue weighted by Crippen LogP contribution is 2.27. The molecule has 0 fully saturated rings. The van der Waals surface area contributed by atoms with Crippen LogP contribution in [0.15, 0.2) is 57.7 Å². The van der Waals surface area contributed by atoms with Gasteiger partial charge in [0.25, 0.3) is 0 Å². The van der Waals surface area contributed by atoms with Crippen LogP contribution in [0.5, 0.6) is 0 Å². The molecule has 0 atom stereocenters. The number of para-hydroxylation sites is 1. The fraction of sp³-hybridized carbons (Fsp3) is 0.111. The van der Waals surface area contributed by atoms with Crippen LogP contribution in [0.1, 0.15) is 11.3 Å². The lowest BCUT2D eigenvalue weighted by Crippen LogP contribution is -2.02. The van der Waals surface area contributed by atoms with Gasteiger partial charge in [0.15, 0.2) is 5.58 Å². The molecule has 4 aromatic rings. The maximum absolute atomic E-state index is 12.2. The fourth-order valence-electron chi connectivity index (χ4n) is 2.81. The van der Waals surface area contributed by atoms with E-state index in [-0.39, 0.29) is 5.63 Å². The highest BCUT2D eigenvalue weighted by atomic mass is 16.4. The van der Waals surface area contributed by atoms with E-state index in [0.717, 1.165) is 22.2 Å². The first-order chi connectivity index (χ1) is 10.6. The summed E-state index contributed by atoms with van der Waals surface area (Å²) in [7, 11) is 0. The summed E-state index contributed by atoms with van der Waals surface area (Å²) in [5.41, 5.74) is 3.74. The number of fused-ring (bicyclic) bond motifs is 3. The molecule has 0 saturated heterocycles. The third-order valence-electron chi connectivity index (χ3n) is 3.85. The average molecular weight is 290 g/mol. The van der Waals surface area contributed by atoms with Crippen LogP contribution in [0.2, 0.25) is 0 Å². The van der Waals surface area contributed by atoms with Gasteiger partial charge in [-0.3, -0.25) is 0 Å². The van der Waals surface area contributed by atoms with E-state index >= 15 is 0 Å². The summed E-state index contributed by atoms with van der Waals surface area (Å²) in [5.74, 6) is 0. The second-order valence-corrected chi connectivity index (χ2v) is 5.45. The van der Waals surface area contributed by atoms with E-state index in [9.17, 15) is 4.79 Å². The maximum atomic E-state index is 12.2. The van der Waals surface area contributed by atoms with E-state index < -0.39 is 0 Å². The Bertz CT molecular complexity index is 1060. The van der Waals surface area contributed by atoms with Gasteiger partial charge < -0.3 is 4.42 Å². The van der Waals surface area contributed by atoms with Crippen molar-refractivity contribution in [3.63, 3.8) is 0 Å². The minimum absolute atomic E-state index is 0.318. The smallest absolute Gasteiger partial charge is 0.344 e. The second kappa shape index (κ2) is 4.56. The van der Waals surface area contributed by atoms with E-state index in [0.29, 0.717) is 16.7 Å². The summed E-state index contributed by atoms with van der Waals surface area (Å²) in [6.45, 7) is 3.81. The third-order valence-corrected chi connectivity index (χ3v) is 3.85. The molecule has 108 valence electrons. The fourth-order valence-corrected chi connectivity index (χ4v) is 2.81. The van der Waals surface area contributed by atoms with Gasteiger partial charge in [0.05, 0.1) is 11.1 Å². The topological polar surface area (TPSA) is 48.0 Å². The van der Waals surface area contributed by atoms with Gasteiger partial charge in [-0.15, -0.1) is 0 Å². The Kier molecular flexibility index (Phi) is 2.66. The molecule has 0 amide bonds. The molecule has 2 aromatic carbocycles. The number of aryl methyl sites for hydroxylation is 2. The summed E-state index contributed by atoms with van der Waals surface area (Å²) in [5, 5.41) is 6.01. The van der Waals surface area contributed by atoms with Crippen molar-refractivity contribution in [3.05, 3.63) is 70.2 Å². The van der Waals surface area contributed by atoms with Crippen molar-refractivity contribution in [2.24, 2.45) is 0 Å². The molecule has 0 N–H and O–H groups in total. The maximum Gasteiger partial charge on any atom is 0.344 e. The number of hydrogen-bond donors (Lipinski definition) is 0. The Balaban J connectivity index is 2.23. The van der Waals surface area contributed by atoms with E-state index in [1.807, 2.05) is 67.1 Å². The Hall–Kier alpha value is -2.88. The molecule has 0 spiro atoms. The van der Waals surface area contributed by atoms with Gasteiger partial charge in [0, 0.05) is 5.39 Å². The molecule has 4 heteroatoms. The van der Waals surface area contributed by atoms with Gasteiger partial charge in [0.2, 0.25) is 0 Å². The molecule has 0 bridgehead atoms. The first-order valence-corrected chi connectivity index (χ1v) is 7.13. The zero-order valence-electron chi connectivity index (χ0n) is 12.3. The van der Waals surface area contributed by atoms with Gasteiger partial charge in [-0.1, -0.05) is 35.9 Å². The van der Waals surface area contributed by atoms with E-state index in [1.54, 1.807) is 0 Å². The minimum Gasteiger partial charge on any atom is -0.419 e. The molecular formula is C18H14N2O2. The number of benzene rings is 2. The third kappa shape index (κ3) is 1.77. The number of nitrogens with zero attached hydrogens (tertiary/aromatic N) is 2. The van der Waals surface area contributed by atoms with E-state index in [2.05, 4.69) is 5.10 Å². The molecule has 22 heavy (non-hydrogen) atoms. The SMILES string of the molecule is Cc1ccc2c(c1)c(=O)oc1c(C)nn(-c3ccccc3)c12. The first kappa shape index (κ1) is 12.8. The van der Waals surface area contributed by atoms with Gasteiger partial charge in [-0.05, 0) is 32.0 Å². The molecule has 4 nitrogen and oxygen atoms in total. The van der Waals surface area contributed by atoms with E-state index in [1.165, 1.54) is 0 Å². The molecule has 2 aromatic heterocycles. The van der Waals surface area contributed by atoms with Crippen LogP contribution in [0.25, 0.3) is 27.6 Å². The lowest BCUT2D eigenvalue weighted by Gasteiger charge is -2.05. The number of rotatable bonds is 1. The molecule has 0 aliphatic carbocycles. The highest BCUT2D eigenvalue weighted by Gasteiger charge is 2.16. The monoisotopic (exact) mass is 290 g/mol. The normalized spacial score (nSPS) is 11.4. The predicted octanol–water partition coefficient (Wildman–Crippen LogP) is 3.75. The van der Waals surface area contributed by atoms with Gasteiger partial charge in [-0.25, -0.2) is 9.48 Å². The van der Waals surface area contributed by atoms with E-state index in [4.69, 9.17) is 4.42 Å². The quantitative estimate of drug-likeness (QED) is 0.536. The van der Waals surface area contributed by atoms with Crippen molar-refractivity contribution < 1.29 is 4.42 Å². The summed E-state index contributed by atoms with van der Waals surface area (Å²) in [6, 6.07) is 15.7. The highest BCUT2D eigenvalue weighted by molar-refractivity contribution is 6.03. The second-order valence-electron chi connectivity index (χ2n) is 5.45. The average Bonchev–Trinajstić information content (AvgIpc) is 2.86. The summed E-state index contributed by atoms with van der Waals surface area (Å²) < 4.78 is 7.36. The largest absolute Gasteiger partial charge is 0.419 e. The summed E-state index contributed by atoms with van der Waals surface area (Å²) >= 11 is 0. The lowest BCUT2D eigenvalue weighted by molar-refractivity contribution is 0.567. The van der Waals surface area contributed by atoms with Crippen molar-refractivity contribution in [1.82, 2.24) is 9.78 Å². The molecule has 0 saturated carbocycles. The van der Waals surface area contributed by atoms with Crippen LogP contribution in [0, 0.1) is 13.8 Å². The summed E-state index contributed by atoms with van der Waals surface area (Å²) in [6.07, 6.45) is 0. The molecule has 2 heterocycles. The van der Waals surface area contributed by atoms with Crippen LogP contribution >= 0.6 is 0 Å². The predicted molar refractivity (Wildman–Crippen MR) is 86.6 cm³/mol. The van der Waals surface area contributed by atoms with Crippen molar-refractivity contribution in [2.45, 2.75) is 13.8 Å². The van der Waals surface area contributed by atoms with Crippen molar-refractivity contribution >= 4 is 21.9 Å². The standard InChI is InChI=1S/C18H14N2O2/c1-11-8-9-14-15(10-11)18(21)22-17-12(2)19-20(16(14)17)13-6-4-3-5-7-13/h3-10H,1-2H3. The zero-order valence-corrected chi connectivity index (χ0v) is 12.3. The van der Waals surface area contributed by atoms with Crippen LogP contribution in [-0.2, 0) is 0 Å². The van der Waals surface area contributed by atoms with Crippen LogP contribution < -0.4 is 5.63 Å². The van der Waals surface area contributed by atoms with Crippen molar-refractivity contribution in [1.29, 1.82) is 0 Å². The zero-order chi connectivity index (χ0) is 15.3.